The average molecular weight is 533 g/mol. The van der Waals surface area contributed by atoms with Gasteiger partial charge in [-0.15, -0.1) is 0 Å². The standard InChI is InChI=1S/C31H40N4O4/c1-18-10-20(3)28(21(4)11-18)32-30(38)24-14-26(36)34(16-24)8-7-9-35-17-25(15-27(35)37)31(39)33-29-22(5)12-19(2)13-23(29)6/h10-13,24-25H,7-9,14-17H2,1-6H3,(H,32,38)(H,33,39)/t24-,25-/m0/s1. The van der Waals surface area contributed by atoms with E-state index in [0.29, 0.717) is 32.6 Å². The van der Waals surface area contributed by atoms with Gasteiger partial charge in [0.2, 0.25) is 23.6 Å². The summed E-state index contributed by atoms with van der Waals surface area (Å²) in [6, 6.07) is 8.14. The summed E-state index contributed by atoms with van der Waals surface area (Å²) in [6.45, 7) is 13.7. The highest BCUT2D eigenvalue weighted by atomic mass is 16.2. The van der Waals surface area contributed by atoms with Gasteiger partial charge in [0.15, 0.2) is 0 Å². The van der Waals surface area contributed by atoms with Crippen LogP contribution in [-0.4, -0.2) is 59.6 Å². The molecule has 0 bridgehead atoms. The summed E-state index contributed by atoms with van der Waals surface area (Å²) < 4.78 is 0. The van der Waals surface area contributed by atoms with Gasteiger partial charge in [-0.1, -0.05) is 35.4 Å². The van der Waals surface area contributed by atoms with Crippen LogP contribution in [0.25, 0.3) is 0 Å². The molecule has 0 aromatic heterocycles. The molecule has 0 spiro atoms. The molecule has 0 aliphatic carbocycles. The van der Waals surface area contributed by atoms with E-state index >= 15 is 0 Å². The molecular weight excluding hydrogens is 492 g/mol. The van der Waals surface area contributed by atoms with Crippen LogP contribution >= 0.6 is 0 Å². The van der Waals surface area contributed by atoms with Crippen molar-refractivity contribution in [2.45, 2.75) is 60.8 Å². The first-order valence-electron chi connectivity index (χ1n) is 13.8. The molecule has 8 heteroatoms. The predicted octanol–water partition coefficient (Wildman–Crippen LogP) is 4.20. The highest BCUT2D eigenvalue weighted by Crippen LogP contribution is 2.27. The van der Waals surface area contributed by atoms with Gasteiger partial charge in [-0.2, -0.15) is 0 Å². The third kappa shape index (κ3) is 6.49. The number of aryl methyl sites for hydroxylation is 6. The van der Waals surface area contributed by atoms with Crippen LogP contribution in [0.5, 0.6) is 0 Å². The number of nitrogens with zero attached hydrogens (tertiary/aromatic N) is 2. The average Bonchev–Trinajstić information content (AvgIpc) is 3.40. The monoisotopic (exact) mass is 532 g/mol. The highest BCUT2D eigenvalue weighted by molar-refractivity contribution is 5.99. The lowest BCUT2D eigenvalue weighted by atomic mass is 10.0. The van der Waals surface area contributed by atoms with Crippen molar-refractivity contribution >= 4 is 35.0 Å². The normalized spacial score (nSPS) is 19.1. The Morgan fingerprint density at radius 3 is 1.33 bits per heavy atom. The van der Waals surface area contributed by atoms with Gasteiger partial charge < -0.3 is 20.4 Å². The maximum Gasteiger partial charge on any atom is 0.229 e. The minimum Gasteiger partial charge on any atom is -0.342 e. The Morgan fingerprint density at radius 1 is 0.667 bits per heavy atom. The Labute approximate surface area is 231 Å². The van der Waals surface area contributed by atoms with Crippen LogP contribution in [0.15, 0.2) is 24.3 Å². The number of likely N-dealkylation sites (tertiary alicyclic amines) is 2. The number of nitrogens with one attached hydrogen (secondary N) is 2. The van der Waals surface area contributed by atoms with E-state index in [-0.39, 0.29) is 36.5 Å². The Bertz CT molecular complexity index is 1170. The summed E-state index contributed by atoms with van der Waals surface area (Å²) in [7, 11) is 0. The van der Waals surface area contributed by atoms with Crippen molar-refractivity contribution in [2.75, 3.05) is 36.8 Å². The number of anilines is 2. The summed E-state index contributed by atoms with van der Waals surface area (Å²) in [4.78, 5) is 54.5. The second-order valence-corrected chi connectivity index (χ2v) is 11.4. The zero-order chi connectivity index (χ0) is 28.4. The third-order valence-electron chi connectivity index (χ3n) is 7.88. The van der Waals surface area contributed by atoms with Gasteiger partial charge in [-0.3, -0.25) is 19.2 Å². The van der Waals surface area contributed by atoms with E-state index in [2.05, 4.69) is 10.6 Å². The summed E-state index contributed by atoms with van der Waals surface area (Å²) in [5, 5.41) is 6.06. The Balaban J connectivity index is 1.25. The fourth-order valence-corrected chi connectivity index (χ4v) is 5.99. The Kier molecular flexibility index (Phi) is 8.42. The van der Waals surface area contributed by atoms with Crippen LogP contribution < -0.4 is 10.6 Å². The zero-order valence-corrected chi connectivity index (χ0v) is 23.9. The third-order valence-corrected chi connectivity index (χ3v) is 7.88. The van der Waals surface area contributed by atoms with Crippen LogP contribution in [0.3, 0.4) is 0 Å². The van der Waals surface area contributed by atoms with Gasteiger partial charge >= 0.3 is 0 Å². The molecule has 4 amide bonds. The lowest BCUT2D eigenvalue weighted by Gasteiger charge is -2.21. The molecule has 2 atom stereocenters. The van der Waals surface area contributed by atoms with E-state index in [0.717, 1.165) is 44.8 Å². The van der Waals surface area contributed by atoms with E-state index in [1.165, 1.54) is 0 Å². The molecule has 0 saturated carbocycles. The van der Waals surface area contributed by atoms with Crippen molar-refractivity contribution in [2.24, 2.45) is 11.8 Å². The summed E-state index contributed by atoms with van der Waals surface area (Å²) >= 11 is 0. The molecule has 8 nitrogen and oxygen atoms in total. The van der Waals surface area contributed by atoms with Crippen molar-refractivity contribution in [3.05, 3.63) is 57.6 Å². The maximum absolute atomic E-state index is 12.9. The molecule has 2 aliphatic heterocycles. The smallest absolute Gasteiger partial charge is 0.229 e. The summed E-state index contributed by atoms with van der Waals surface area (Å²) in [5.74, 6) is -1.14. The maximum atomic E-state index is 12.9. The molecule has 0 radical (unpaired) electrons. The van der Waals surface area contributed by atoms with Crippen LogP contribution in [0.1, 0.15) is 52.6 Å². The minimum atomic E-state index is -0.396. The quantitative estimate of drug-likeness (QED) is 0.532. The molecule has 39 heavy (non-hydrogen) atoms. The van der Waals surface area contributed by atoms with Gasteiger partial charge in [0, 0.05) is 50.4 Å². The van der Waals surface area contributed by atoms with Crippen LogP contribution in [0, 0.1) is 53.4 Å². The van der Waals surface area contributed by atoms with E-state index < -0.39 is 11.8 Å². The van der Waals surface area contributed by atoms with E-state index in [1.807, 2.05) is 65.8 Å². The van der Waals surface area contributed by atoms with Gasteiger partial charge in [-0.05, 0) is 70.2 Å². The van der Waals surface area contributed by atoms with Crippen LogP contribution in [0.2, 0.25) is 0 Å². The molecule has 2 aromatic rings. The second kappa shape index (κ2) is 11.6. The molecule has 0 unspecified atom stereocenters. The minimum absolute atomic E-state index is 0.0404. The van der Waals surface area contributed by atoms with Gasteiger partial charge in [0.25, 0.3) is 0 Å². The highest BCUT2D eigenvalue weighted by Gasteiger charge is 2.36. The van der Waals surface area contributed by atoms with Gasteiger partial charge in [0.05, 0.1) is 11.8 Å². The lowest BCUT2D eigenvalue weighted by molar-refractivity contribution is -0.129. The lowest BCUT2D eigenvalue weighted by Crippen LogP contribution is -2.33. The SMILES string of the molecule is Cc1cc(C)c(NC(=O)[C@H]2CC(=O)N(CCCN3C[C@@H](C(=O)Nc4c(C)cc(C)cc4C)CC3=O)C2)c(C)c1. The fourth-order valence-electron chi connectivity index (χ4n) is 5.99. The summed E-state index contributed by atoms with van der Waals surface area (Å²) in [6.07, 6.45) is 0.990. The molecule has 208 valence electrons. The second-order valence-electron chi connectivity index (χ2n) is 11.4. The topological polar surface area (TPSA) is 98.8 Å². The number of hydrogen-bond donors (Lipinski definition) is 2. The van der Waals surface area contributed by atoms with Crippen molar-refractivity contribution in [3.63, 3.8) is 0 Å². The van der Waals surface area contributed by atoms with Crippen molar-refractivity contribution in [3.8, 4) is 0 Å². The van der Waals surface area contributed by atoms with Crippen LogP contribution in [0.4, 0.5) is 11.4 Å². The van der Waals surface area contributed by atoms with E-state index in [4.69, 9.17) is 0 Å². The zero-order valence-electron chi connectivity index (χ0n) is 23.9. The first-order valence-corrected chi connectivity index (χ1v) is 13.8. The van der Waals surface area contributed by atoms with Crippen molar-refractivity contribution in [1.82, 2.24) is 9.80 Å². The molecule has 4 rings (SSSR count). The number of amides is 4. The Morgan fingerprint density at radius 2 is 1.00 bits per heavy atom. The van der Waals surface area contributed by atoms with Gasteiger partial charge in [-0.25, -0.2) is 0 Å². The fraction of sp³-hybridized carbons (Fsp3) is 0.484. The van der Waals surface area contributed by atoms with E-state index in [1.54, 1.807) is 9.80 Å². The number of rotatable bonds is 8. The van der Waals surface area contributed by atoms with E-state index in [9.17, 15) is 19.2 Å². The molecule has 2 saturated heterocycles. The van der Waals surface area contributed by atoms with Gasteiger partial charge in [0.1, 0.15) is 0 Å². The molecule has 2 aliphatic rings. The molecule has 2 heterocycles. The Hall–Kier alpha value is -3.68. The molecule has 2 aromatic carbocycles. The molecule has 2 fully saturated rings. The number of hydrogen-bond acceptors (Lipinski definition) is 4. The molecular formula is C31H40N4O4. The van der Waals surface area contributed by atoms with Crippen LogP contribution in [-0.2, 0) is 19.2 Å². The first kappa shape index (κ1) is 28.3. The molecule has 2 N–H and O–H groups in total. The number of carbonyl (C=O) groups is 4. The number of carbonyl (C=O) groups excluding carboxylic acids is 4. The summed E-state index contributed by atoms with van der Waals surface area (Å²) in [5.41, 5.74) is 7.95. The predicted molar refractivity (Wildman–Crippen MR) is 153 cm³/mol. The number of benzene rings is 2. The first-order chi connectivity index (χ1) is 18.4. The van der Waals surface area contributed by atoms with Crippen molar-refractivity contribution < 1.29 is 19.2 Å². The van der Waals surface area contributed by atoms with Crippen molar-refractivity contribution in [1.29, 1.82) is 0 Å². The largest absolute Gasteiger partial charge is 0.342 e.